The lowest BCUT2D eigenvalue weighted by Gasteiger charge is -2.42. The van der Waals surface area contributed by atoms with Gasteiger partial charge in [-0.15, -0.1) is 0 Å². The van der Waals surface area contributed by atoms with E-state index < -0.39 is 5.60 Å². The number of rotatable bonds is 4. The Hall–Kier alpha value is -1.26. The Labute approximate surface area is 155 Å². The maximum Gasteiger partial charge on any atom is 0.266 e. The van der Waals surface area contributed by atoms with Gasteiger partial charge in [-0.1, -0.05) is 25.4 Å². The van der Waals surface area contributed by atoms with Crippen LogP contribution < -0.4 is 10.1 Å². The topological polar surface area (TPSA) is 41.6 Å². The smallest absolute Gasteiger partial charge is 0.266 e. The standard InChI is InChI=1S/C20H29ClN2O2/c1-15(2)16-7-13-23(14-8-16)19(24)20(9-11-22-12-10-20)25-18-5-3-17(21)4-6-18/h3-6,15-16,22H,7-14H2,1-2H3. The number of hydrogen-bond acceptors (Lipinski definition) is 3. The molecule has 3 rings (SSSR count). The van der Waals surface area contributed by atoms with Crippen molar-refractivity contribution in [2.75, 3.05) is 26.2 Å². The van der Waals surface area contributed by atoms with E-state index in [0.717, 1.165) is 50.7 Å². The van der Waals surface area contributed by atoms with Crippen molar-refractivity contribution in [3.63, 3.8) is 0 Å². The van der Waals surface area contributed by atoms with Gasteiger partial charge < -0.3 is 15.0 Å². The van der Waals surface area contributed by atoms with Gasteiger partial charge in [0, 0.05) is 31.0 Å². The zero-order valence-corrected chi connectivity index (χ0v) is 16.0. The van der Waals surface area contributed by atoms with Crippen LogP contribution in [0.3, 0.4) is 0 Å². The second-order valence-corrected chi connectivity index (χ2v) is 8.11. The zero-order valence-electron chi connectivity index (χ0n) is 15.3. The highest BCUT2D eigenvalue weighted by Gasteiger charge is 2.45. The monoisotopic (exact) mass is 364 g/mol. The third-order valence-corrected chi connectivity index (χ3v) is 5.95. The molecule has 1 N–H and O–H groups in total. The normalized spacial score (nSPS) is 21.4. The summed E-state index contributed by atoms with van der Waals surface area (Å²) in [5.74, 6) is 2.29. The number of hydrogen-bond donors (Lipinski definition) is 1. The molecular weight excluding hydrogens is 336 g/mol. The summed E-state index contributed by atoms with van der Waals surface area (Å²) in [7, 11) is 0. The molecule has 5 heteroatoms. The molecule has 2 fully saturated rings. The van der Waals surface area contributed by atoms with Crippen molar-refractivity contribution in [1.82, 2.24) is 10.2 Å². The molecule has 0 unspecified atom stereocenters. The number of nitrogens with zero attached hydrogens (tertiary/aromatic N) is 1. The summed E-state index contributed by atoms with van der Waals surface area (Å²) in [5, 5.41) is 4.02. The molecule has 0 spiro atoms. The molecule has 2 aliphatic rings. The van der Waals surface area contributed by atoms with E-state index in [0.29, 0.717) is 23.8 Å². The minimum Gasteiger partial charge on any atom is -0.477 e. The lowest BCUT2D eigenvalue weighted by molar-refractivity contribution is -0.152. The third-order valence-electron chi connectivity index (χ3n) is 5.70. The minimum absolute atomic E-state index is 0.158. The Morgan fingerprint density at radius 1 is 1.20 bits per heavy atom. The minimum atomic E-state index is -0.746. The van der Waals surface area contributed by atoms with E-state index in [1.807, 2.05) is 29.2 Å². The van der Waals surface area contributed by atoms with Crippen molar-refractivity contribution < 1.29 is 9.53 Å². The van der Waals surface area contributed by atoms with Crippen molar-refractivity contribution in [2.24, 2.45) is 11.8 Å². The number of carbonyl (C=O) groups excluding carboxylic acids is 1. The maximum absolute atomic E-state index is 13.4. The Kier molecular flexibility index (Phi) is 5.90. The molecule has 2 saturated heterocycles. The molecule has 138 valence electrons. The molecule has 0 radical (unpaired) electrons. The fourth-order valence-electron chi connectivity index (χ4n) is 3.98. The second-order valence-electron chi connectivity index (χ2n) is 7.67. The maximum atomic E-state index is 13.4. The first kappa shape index (κ1) is 18.5. The Bertz CT molecular complexity index is 574. The quantitative estimate of drug-likeness (QED) is 0.884. The molecule has 0 saturated carbocycles. The van der Waals surface area contributed by atoms with E-state index in [-0.39, 0.29) is 5.91 Å². The molecule has 0 aliphatic carbocycles. The summed E-state index contributed by atoms with van der Waals surface area (Å²) in [6, 6.07) is 7.32. The Morgan fingerprint density at radius 3 is 2.36 bits per heavy atom. The second kappa shape index (κ2) is 7.96. The van der Waals surface area contributed by atoms with Crippen LogP contribution in [0.25, 0.3) is 0 Å². The number of amides is 1. The highest BCUT2D eigenvalue weighted by molar-refractivity contribution is 6.30. The van der Waals surface area contributed by atoms with Gasteiger partial charge >= 0.3 is 0 Å². The molecule has 0 atom stereocenters. The Morgan fingerprint density at radius 2 is 1.80 bits per heavy atom. The van der Waals surface area contributed by atoms with E-state index in [2.05, 4.69) is 19.2 Å². The van der Waals surface area contributed by atoms with Crippen molar-refractivity contribution in [3.8, 4) is 5.75 Å². The van der Waals surface area contributed by atoms with Crippen LogP contribution in [0.2, 0.25) is 5.02 Å². The summed E-state index contributed by atoms with van der Waals surface area (Å²) >= 11 is 5.97. The molecule has 4 nitrogen and oxygen atoms in total. The summed E-state index contributed by atoms with van der Waals surface area (Å²) in [6.07, 6.45) is 3.61. The van der Waals surface area contributed by atoms with Crippen LogP contribution in [0.5, 0.6) is 5.75 Å². The summed E-state index contributed by atoms with van der Waals surface area (Å²) < 4.78 is 6.30. The summed E-state index contributed by atoms with van der Waals surface area (Å²) in [4.78, 5) is 15.4. The molecule has 1 amide bonds. The first-order valence-corrected chi connectivity index (χ1v) is 9.83. The van der Waals surface area contributed by atoms with Crippen LogP contribution >= 0.6 is 11.6 Å². The van der Waals surface area contributed by atoms with Crippen LogP contribution in [-0.4, -0.2) is 42.6 Å². The average Bonchev–Trinajstić information content (AvgIpc) is 2.64. The highest BCUT2D eigenvalue weighted by atomic mass is 35.5. The van der Waals surface area contributed by atoms with Crippen LogP contribution in [0.15, 0.2) is 24.3 Å². The van der Waals surface area contributed by atoms with E-state index in [1.165, 1.54) is 0 Å². The first-order valence-electron chi connectivity index (χ1n) is 9.45. The van der Waals surface area contributed by atoms with Crippen molar-refractivity contribution in [3.05, 3.63) is 29.3 Å². The van der Waals surface area contributed by atoms with Gasteiger partial charge in [0.05, 0.1) is 0 Å². The van der Waals surface area contributed by atoms with E-state index in [4.69, 9.17) is 16.3 Å². The number of benzene rings is 1. The van der Waals surface area contributed by atoms with Gasteiger partial charge in [0.25, 0.3) is 5.91 Å². The number of piperidine rings is 2. The highest BCUT2D eigenvalue weighted by Crippen LogP contribution is 2.32. The van der Waals surface area contributed by atoms with Crippen molar-refractivity contribution in [1.29, 1.82) is 0 Å². The predicted octanol–water partition coefficient (Wildman–Crippen LogP) is 3.74. The number of likely N-dealkylation sites (tertiary alicyclic amines) is 1. The van der Waals surface area contributed by atoms with Gasteiger partial charge in [0.15, 0.2) is 5.60 Å². The SMILES string of the molecule is CC(C)C1CCN(C(=O)C2(Oc3ccc(Cl)cc3)CCNCC2)CC1. The van der Waals surface area contributed by atoms with Crippen LogP contribution in [-0.2, 0) is 4.79 Å². The number of carbonyl (C=O) groups is 1. The van der Waals surface area contributed by atoms with E-state index >= 15 is 0 Å². The number of ether oxygens (including phenoxy) is 1. The van der Waals surface area contributed by atoms with Crippen LogP contribution in [0.1, 0.15) is 39.5 Å². The first-order chi connectivity index (χ1) is 12.0. The average molecular weight is 365 g/mol. The van der Waals surface area contributed by atoms with E-state index in [9.17, 15) is 4.79 Å². The molecule has 2 aliphatic heterocycles. The lowest BCUT2D eigenvalue weighted by Crippen LogP contribution is -2.58. The van der Waals surface area contributed by atoms with Crippen LogP contribution in [0, 0.1) is 11.8 Å². The van der Waals surface area contributed by atoms with Gasteiger partial charge in [-0.25, -0.2) is 0 Å². The summed E-state index contributed by atoms with van der Waals surface area (Å²) in [6.45, 7) is 7.87. The van der Waals surface area contributed by atoms with Gasteiger partial charge in [0.1, 0.15) is 5.75 Å². The molecule has 0 aromatic heterocycles. The fourth-order valence-corrected chi connectivity index (χ4v) is 4.10. The van der Waals surface area contributed by atoms with Gasteiger partial charge in [0.2, 0.25) is 0 Å². The molecule has 1 aromatic rings. The molecule has 25 heavy (non-hydrogen) atoms. The van der Waals surface area contributed by atoms with Gasteiger partial charge in [-0.2, -0.15) is 0 Å². The molecular formula is C20H29ClN2O2. The van der Waals surface area contributed by atoms with Crippen molar-refractivity contribution >= 4 is 17.5 Å². The number of nitrogens with one attached hydrogen (secondary N) is 1. The molecule has 2 heterocycles. The lowest BCUT2D eigenvalue weighted by atomic mass is 9.84. The Balaban J connectivity index is 1.73. The predicted molar refractivity (Wildman–Crippen MR) is 101 cm³/mol. The summed E-state index contributed by atoms with van der Waals surface area (Å²) in [5.41, 5.74) is -0.746. The third kappa shape index (κ3) is 4.29. The zero-order chi connectivity index (χ0) is 17.9. The van der Waals surface area contributed by atoms with Gasteiger partial charge in [-0.05, 0) is 62.0 Å². The number of halogens is 1. The molecule has 0 bridgehead atoms. The largest absolute Gasteiger partial charge is 0.477 e. The van der Waals surface area contributed by atoms with E-state index in [1.54, 1.807) is 0 Å². The fraction of sp³-hybridized carbons (Fsp3) is 0.650. The van der Waals surface area contributed by atoms with Crippen LogP contribution in [0.4, 0.5) is 0 Å². The van der Waals surface area contributed by atoms with Crippen molar-refractivity contribution in [2.45, 2.75) is 45.1 Å². The van der Waals surface area contributed by atoms with Gasteiger partial charge in [-0.3, -0.25) is 4.79 Å². The molecule has 1 aromatic carbocycles.